The maximum absolute atomic E-state index is 12.3. The molecule has 0 spiro atoms. The second kappa shape index (κ2) is 11.1. The summed E-state index contributed by atoms with van der Waals surface area (Å²) in [5.41, 5.74) is 6.67. The summed E-state index contributed by atoms with van der Waals surface area (Å²) in [4.78, 5) is 14.2. The van der Waals surface area contributed by atoms with Crippen LogP contribution in [-0.4, -0.2) is 33.7 Å². The standard InChI is InChI=1S/C15H20N4O.2ClH/c16-8-4-10-18(12-14-6-2-1-3-7-14)15(20)13-19-11-5-9-17-19;;/h1-3,5-7,9,11H,4,8,10,12-13,16H2;2*1H. The van der Waals surface area contributed by atoms with E-state index in [1.165, 1.54) is 0 Å². The Morgan fingerprint density at radius 3 is 2.50 bits per heavy atom. The Morgan fingerprint density at radius 1 is 1.18 bits per heavy atom. The molecular formula is C15H22Cl2N4O. The molecule has 0 saturated carbocycles. The van der Waals surface area contributed by atoms with Crippen molar-refractivity contribution in [2.45, 2.75) is 19.5 Å². The first kappa shape index (κ1) is 20.4. The molecule has 1 heterocycles. The van der Waals surface area contributed by atoms with Crippen LogP contribution in [-0.2, 0) is 17.9 Å². The highest BCUT2D eigenvalue weighted by Crippen LogP contribution is 2.06. The molecule has 2 rings (SSSR count). The number of carbonyl (C=O) groups excluding carboxylic acids is 1. The zero-order chi connectivity index (χ0) is 14.2. The topological polar surface area (TPSA) is 64.2 Å². The van der Waals surface area contributed by atoms with Crippen molar-refractivity contribution in [2.24, 2.45) is 5.73 Å². The van der Waals surface area contributed by atoms with Gasteiger partial charge in [-0.25, -0.2) is 0 Å². The van der Waals surface area contributed by atoms with E-state index in [1.807, 2.05) is 41.3 Å². The largest absolute Gasteiger partial charge is 0.337 e. The number of benzene rings is 1. The van der Waals surface area contributed by atoms with Crippen LogP contribution >= 0.6 is 24.8 Å². The van der Waals surface area contributed by atoms with Crippen molar-refractivity contribution in [1.29, 1.82) is 0 Å². The molecule has 0 aliphatic heterocycles. The second-order valence-corrected chi connectivity index (χ2v) is 4.65. The summed E-state index contributed by atoms with van der Waals surface area (Å²) in [6.45, 7) is 2.14. The fourth-order valence-corrected chi connectivity index (χ4v) is 2.01. The zero-order valence-electron chi connectivity index (χ0n) is 12.3. The van der Waals surface area contributed by atoms with Gasteiger partial charge in [-0.15, -0.1) is 24.8 Å². The smallest absolute Gasteiger partial charge is 0.244 e. The summed E-state index contributed by atoms with van der Waals surface area (Å²) >= 11 is 0. The molecular weight excluding hydrogens is 323 g/mol. The van der Waals surface area contributed by atoms with Gasteiger partial charge in [-0.3, -0.25) is 9.48 Å². The van der Waals surface area contributed by atoms with Gasteiger partial charge in [0.25, 0.3) is 0 Å². The Bertz CT molecular complexity index is 520. The third kappa shape index (κ3) is 6.47. The van der Waals surface area contributed by atoms with E-state index in [0.717, 1.165) is 12.0 Å². The molecule has 1 amide bonds. The van der Waals surface area contributed by atoms with Gasteiger partial charge in [0.1, 0.15) is 6.54 Å². The fraction of sp³-hybridized carbons (Fsp3) is 0.333. The molecule has 0 unspecified atom stereocenters. The van der Waals surface area contributed by atoms with E-state index in [9.17, 15) is 4.79 Å². The van der Waals surface area contributed by atoms with Gasteiger partial charge >= 0.3 is 0 Å². The molecule has 0 bridgehead atoms. The third-order valence-electron chi connectivity index (χ3n) is 3.06. The van der Waals surface area contributed by atoms with Crippen LogP contribution in [0.15, 0.2) is 48.8 Å². The van der Waals surface area contributed by atoms with E-state index in [0.29, 0.717) is 19.6 Å². The second-order valence-electron chi connectivity index (χ2n) is 4.65. The lowest BCUT2D eigenvalue weighted by molar-refractivity contribution is -0.132. The molecule has 2 N–H and O–H groups in total. The maximum atomic E-state index is 12.3. The van der Waals surface area contributed by atoms with Crippen LogP contribution in [0.2, 0.25) is 0 Å². The predicted molar refractivity (Wildman–Crippen MR) is 92.3 cm³/mol. The van der Waals surface area contributed by atoms with Crippen LogP contribution in [0, 0.1) is 0 Å². The molecule has 7 heteroatoms. The van der Waals surface area contributed by atoms with E-state index in [4.69, 9.17) is 5.73 Å². The first-order chi connectivity index (χ1) is 9.79. The first-order valence-electron chi connectivity index (χ1n) is 6.79. The molecule has 1 aromatic heterocycles. The first-order valence-corrected chi connectivity index (χ1v) is 6.79. The number of aromatic nitrogens is 2. The van der Waals surface area contributed by atoms with Gasteiger partial charge in [0.15, 0.2) is 0 Å². The van der Waals surface area contributed by atoms with E-state index in [1.54, 1.807) is 17.1 Å². The Labute approximate surface area is 143 Å². The number of hydrogen-bond acceptors (Lipinski definition) is 3. The summed E-state index contributed by atoms with van der Waals surface area (Å²) in [6, 6.07) is 11.8. The highest BCUT2D eigenvalue weighted by Gasteiger charge is 2.14. The summed E-state index contributed by atoms with van der Waals surface area (Å²) < 4.78 is 1.64. The van der Waals surface area contributed by atoms with Crippen LogP contribution in [0.25, 0.3) is 0 Å². The number of amides is 1. The van der Waals surface area contributed by atoms with Gasteiger partial charge < -0.3 is 10.6 Å². The van der Waals surface area contributed by atoms with E-state index in [-0.39, 0.29) is 37.3 Å². The van der Waals surface area contributed by atoms with Crippen molar-refractivity contribution in [3.05, 3.63) is 54.4 Å². The van der Waals surface area contributed by atoms with E-state index >= 15 is 0 Å². The lowest BCUT2D eigenvalue weighted by atomic mass is 10.2. The quantitative estimate of drug-likeness (QED) is 0.836. The Balaban J connectivity index is 0.00000220. The van der Waals surface area contributed by atoms with Crippen molar-refractivity contribution in [1.82, 2.24) is 14.7 Å². The molecule has 2 aromatic rings. The fourth-order valence-electron chi connectivity index (χ4n) is 2.01. The van der Waals surface area contributed by atoms with Crippen LogP contribution in [0.4, 0.5) is 0 Å². The molecule has 0 fully saturated rings. The average Bonchev–Trinajstić information content (AvgIpc) is 2.97. The third-order valence-corrected chi connectivity index (χ3v) is 3.06. The number of nitrogens with two attached hydrogens (primary N) is 1. The molecule has 0 saturated heterocycles. The van der Waals surface area contributed by atoms with Crippen LogP contribution in [0.3, 0.4) is 0 Å². The summed E-state index contributed by atoms with van der Waals surface area (Å²) in [7, 11) is 0. The number of rotatable bonds is 7. The van der Waals surface area contributed by atoms with Crippen LogP contribution in [0.5, 0.6) is 0 Å². The molecule has 122 valence electrons. The Morgan fingerprint density at radius 2 is 1.91 bits per heavy atom. The van der Waals surface area contributed by atoms with Gasteiger partial charge in [0.2, 0.25) is 5.91 Å². The molecule has 0 aliphatic carbocycles. The monoisotopic (exact) mass is 344 g/mol. The van der Waals surface area contributed by atoms with Crippen molar-refractivity contribution in [3.8, 4) is 0 Å². The molecule has 1 aromatic carbocycles. The maximum Gasteiger partial charge on any atom is 0.244 e. The Kier molecular flexibility index (Phi) is 10.3. The van der Waals surface area contributed by atoms with Gasteiger partial charge in [-0.05, 0) is 24.6 Å². The highest BCUT2D eigenvalue weighted by atomic mass is 35.5. The normalized spacial score (nSPS) is 9.50. The summed E-state index contributed by atoms with van der Waals surface area (Å²) in [5.74, 6) is 0.0611. The molecule has 0 aliphatic rings. The van der Waals surface area contributed by atoms with E-state index < -0.39 is 0 Å². The van der Waals surface area contributed by atoms with Crippen molar-refractivity contribution < 1.29 is 4.79 Å². The van der Waals surface area contributed by atoms with Crippen molar-refractivity contribution >= 4 is 30.7 Å². The highest BCUT2D eigenvalue weighted by molar-refractivity contribution is 5.85. The van der Waals surface area contributed by atoms with Crippen LogP contribution < -0.4 is 5.73 Å². The predicted octanol–water partition coefficient (Wildman–Crippen LogP) is 2.10. The number of hydrogen-bond donors (Lipinski definition) is 1. The Hall–Kier alpha value is -1.56. The van der Waals surface area contributed by atoms with Crippen molar-refractivity contribution in [3.63, 3.8) is 0 Å². The average molecular weight is 345 g/mol. The minimum atomic E-state index is 0. The minimum absolute atomic E-state index is 0. The molecule has 0 atom stereocenters. The van der Waals surface area contributed by atoms with Crippen molar-refractivity contribution in [2.75, 3.05) is 13.1 Å². The number of carbonyl (C=O) groups is 1. The minimum Gasteiger partial charge on any atom is -0.337 e. The van der Waals surface area contributed by atoms with E-state index in [2.05, 4.69) is 5.10 Å². The summed E-state index contributed by atoms with van der Waals surface area (Å²) in [6.07, 6.45) is 4.27. The molecule has 22 heavy (non-hydrogen) atoms. The lowest BCUT2D eigenvalue weighted by Crippen LogP contribution is -2.35. The number of nitrogens with zero attached hydrogens (tertiary/aromatic N) is 3. The molecule has 5 nitrogen and oxygen atoms in total. The summed E-state index contributed by atoms with van der Waals surface area (Å²) in [5, 5.41) is 4.07. The zero-order valence-corrected chi connectivity index (χ0v) is 13.9. The SMILES string of the molecule is Cl.Cl.NCCCN(Cc1ccccc1)C(=O)Cn1cccn1. The van der Waals surface area contributed by atoms with Crippen LogP contribution in [0.1, 0.15) is 12.0 Å². The van der Waals surface area contributed by atoms with Gasteiger partial charge in [-0.1, -0.05) is 30.3 Å². The lowest BCUT2D eigenvalue weighted by Gasteiger charge is -2.22. The van der Waals surface area contributed by atoms with Gasteiger partial charge in [-0.2, -0.15) is 5.10 Å². The molecule has 0 radical (unpaired) electrons. The number of halogens is 2. The van der Waals surface area contributed by atoms with Gasteiger partial charge in [0, 0.05) is 25.5 Å². The van der Waals surface area contributed by atoms with Gasteiger partial charge in [0.05, 0.1) is 0 Å².